The first-order valence-corrected chi connectivity index (χ1v) is 7.81. The Bertz CT molecular complexity index is 813. The number of aromatic nitrogens is 2. The first kappa shape index (κ1) is 16.6. The number of hydrogen-bond acceptors (Lipinski definition) is 6. The average molecular weight is 339 g/mol. The van der Waals surface area contributed by atoms with E-state index in [0.29, 0.717) is 30.4 Å². The summed E-state index contributed by atoms with van der Waals surface area (Å²) in [7, 11) is 0. The molecule has 0 aliphatic carbocycles. The van der Waals surface area contributed by atoms with Crippen LogP contribution in [0, 0.1) is 0 Å². The molecular weight excluding hydrogens is 322 g/mol. The van der Waals surface area contributed by atoms with Crippen LogP contribution in [0.15, 0.2) is 52.6 Å². The van der Waals surface area contributed by atoms with Gasteiger partial charge in [0.15, 0.2) is 0 Å². The van der Waals surface area contributed by atoms with Gasteiger partial charge in [0.05, 0.1) is 0 Å². The van der Waals surface area contributed by atoms with Gasteiger partial charge in [0.25, 0.3) is 5.91 Å². The zero-order valence-corrected chi connectivity index (χ0v) is 13.5. The Morgan fingerprint density at radius 3 is 2.80 bits per heavy atom. The molecule has 8 nitrogen and oxygen atoms in total. The zero-order valence-electron chi connectivity index (χ0n) is 13.5. The van der Waals surface area contributed by atoms with E-state index in [-0.39, 0.29) is 24.8 Å². The van der Waals surface area contributed by atoms with Gasteiger partial charge in [-0.2, -0.15) is 10.1 Å². The monoisotopic (exact) mass is 339 g/mol. The van der Waals surface area contributed by atoms with Crippen molar-refractivity contribution in [2.45, 2.75) is 19.4 Å². The topological polar surface area (TPSA) is 101 Å². The fourth-order valence-corrected chi connectivity index (χ4v) is 2.37. The van der Waals surface area contributed by atoms with Gasteiger partial charge >= 0.3 is 0 Å². The van der Waals surface area contributed by atoms with Gasteiger partial charge in [-0.3, -0.25) is 9.59 Å². The fourth-order valence-electron chi connectivity index (χ4n) is 2.37. The summed E-state index contributed by atoms with van der Waals surface area (Å²) in [6.07, 6.45) is 2.15. The molecule has 0 atom stereocenters. The van der Waals surface area contributed by atoms with Crippen LogP contribution in [-0.2, 0) is 16.1 Å². The molecule has 0 saturated heterocycles. The lowest BCUT2D eigenvalue weighted by atomic mass is 10.1. The number of rotatable bonds is 6. The van der Waals surface area contributed by atoms with Crippen molar-refractivity contribution in [2.24, 2.45) is 5.10 Å². The van der Waals surface area contributed by atoms with Crippen LogP contribution in [0.2, 0.25) is 0 Å². The third-order valence-electron chi connectivity index (χ3n) is 3.61. The van der Waals surface area contributed by atoms with Crippen molar-refractivity contribution in [3.63, 3.8) is 0 Å². The number of nitrogens with zero attached hydrogens (tertiary/aromatic N) is 4. The van der Waals surface area contributed by atoms with Gasteiger partial charge < -0.3 is 9.42 Å². The molecule has 1 aliphatic heterocycles. The smallest absolute Gasteiger partial charge is 0.270 e. The highest BCUT2D eigenvalue weighted by molar-refractivity contribution is 6.39. The summed E-state index contributed by atoms with van der Waals surface area (Å²) in [6.45, 7) is 4.10. The van der Waals surface area contributed by atoms with Crippen LogP contribution in [0.4, 0.5) is 0 Å². The first-order chi connectivity index (χ1) is 12.2. The molecule has 1 aliphatic rings. The Balaban J connectivity index is 1.74. The Morgan fingerprint density at radius 1 is 1.32 bits per heavy atom. The van der Waals surface area contributed by atoms with E-state index in [1.54, 1.807) is 6.08 Å². The van der Waals surface area contributed by atoms with Gasteiger partial charge in [0.2, 0.25) is 17.6 Å². The minimum Gasteiger partial charge on any atom is -0.337 e. The third-order valence-corrected chi connectivity index (χ3v) is 3.61. The van der Waals surface area contributed by atoms with E-state index in [2.05, 4.69) is 27.2 Å². The summed E-state index contributed by atoms with van der Waals surface area (Å²) in [4.78, 5) is 29.6. The molecule has 3 rings (SSSR count). The number of benzene rings is 1. The second-order valence-corrected chi connectivity index (χ2v) is 5.45. The van der Waals surface area contributed by atoms with Crippen molar-refractivity contribution in [1.82, 2.24) is 20.5 Å². The van der Waals surface area contributed by atoms with Crippen LogP contribution in [0.25, 0.3) is 11.4 Å². The Morgan fingerprint density at radius 2 is 2.12 bits per heavy atom. The maximum absolute atomic E-state index is 12.6. The van der Waals surface area contributed by atoms with Gasteiger partial charge in [-0.1, -0.05) is 41.6 Å². The van der Waals surface area contributed by atoms with Crippen LogP contribution in [0.1, 0.15) is 18.7 Å². The van der Waals surface area contributed by atoms with E-state index in [4.69, 9.17) is 4.52 Å². The van der Waals surface area contributed by atoms with Crippen LogP contribution < -0.4 is 5.43 Å². The van der Waals surface area contributed by atoms with Gasteiger partial charge in [-0.05, 0) is 0 Å². The zero-order chi connectivity index (χ0) is 17.6. The number of hydrogen-bond donors (Lipinski definition) is 1. The molecule has 1 aromatic heterocycles. The Labute approximate surface area is 144 Å². The molecule has 25 heavy (non-hydrogen) atoms. The largest absolute Gasteiger partial charge is 0.337 e. The molecule has 0 saturated carbocycles. The summed E-state index contributed by atoms with van der Waals surface area (Å²) >= 11 is 0. The molecule has 0 unspecified atom stereocenters. The van der Waals surface area contributed by atoms with E-state index < -0.39 is 0 Å². The lowest BCUT2D eigenvalue weighted by Gasteiger charge is -2.21. The molecule has 8 heteroatoms. The molecule has 2 aromatic rings. The number of carbonyl (C=O) groups excluding carboxylic acids is 2. The molecule has 1 N–H and O–H groups in total. The SMILES string of the molecule is C=CCN(Cc1nc(-c2ccccc2)no1)C(=O)C1=NNC(=O)CC1. The summed E-state index contributed by atoms with van der Waals surface area (Å²) < 4.78 is 5.25. The number of nitrogens with one attached hydrogen (secondary N) is 1. The Kier molecular flexibility index (Phi) is 4.98. The highest BCUT2D eigenvalue weighted by Gasteiger charge is 2.24. The molecular formula is C17H17N5O3. The molecule has 0 bridgehead atoms. The summed E-state index contributed by atoms with van der Waals surface area (Å²) in [5, 5.41) is 7.78. The summed E-state index contributed by atoms with van der Waals surface area (Å²) in [5.74, 6) is 0.286. The lowest BCUT2D eigenvalue weighted by molar-refractivity contribution is -0.125. The van der Waals surface area contributed by atoms with Crippen molar-refractivity contribution in [1.29, 1.82) is 0 Å². The van der Waals surface area contributed by atoms with E-state index in [9.17, 15) is 9.59 Å². The summed E-state index contributed by atoms with van der Waals surface area (Å²) in [5.41, 5.74) is 3.45. The second-order valence-electron chi connectivity index (χ2n) is 5.45. The highest BCUT2D eigenvalue weighted by Crippen LogP contribution is 2.16. The molecule has 0 radical (unpaired) electrons. The normalized spacial score (nSPS) is 13.8. The van der Waals surface area contributed by atoms with Crippen molar-refractivity contribution >= 4 is 17.5 Å². The van der Waals surface area contributed by atoms with E-state index in [1.165, 1.54) is 4.90 Å². The highest BCUT2D eigenvalue weighted by atomic mass is 16.5. The molecule has 0 spiro atoms. The molecule has 1 aromatic carbocycles. The minimum atomic E-state index is -0.292. The van der Waals surface area contributed by atoms with E-state index in [0.717, 1.165) is 5.56 Å². The predicted octanol–water partition coefficient (Wildman–Crippen LogP) is 1.52. The summed E-state index contributed by atoms with van der Waals surface area (Å²) in [6, 6.07) is 9.42. The minimum absolute atomic E-state index is 0.137. The van der Waals surface area contributed by atoms with Crippen LogP contribution in [0.3, 0.4) is 0 Å². The number of amides is 2. The maximum Gasteiger partial charge on any atom is 0.270 e. The van der Waals surface area contributed by atoms with E-state index in [1.807, 2.05) is 30.3 Å². The van der Waals surface area contributed by atoms with Gasteiger partial charge in [-0.25, -0.2) is 5.43 Å². The molecule has 2 amide bonds. The van der Waals surface area contributed by atoms with Crippen molar-refractivity contribution in [3.8, 4) is 11.4 Å². The quantitative estimate of drug-likeness (QED) is 0.804. The van der Waals surface area contributed by atoms with Crippen molar-refractivity contribution in [3.05, 3.63) is 48.9 Å². The van der Waals surface area contributed by atoms with Gasteiger partial charge in [0.1, 0.15) is 12.3 Å². The standard InChI is InChI=1S/C17H17N5O3/c1-2-10-22(17(24)13-8-9-14(23)20-19-13)11-15-18-16(21-25-15)12-6-4-3-5-7-12/h2-7H,1,8-11H2,(H,20,23). The second kappa shape index (κ2) is 7.52. The number of carbonyl (C=O) groups is 2. The van der Waals surface area contributed by atoms with Crippen LogP contribution >= 0.6 is 0 Å². The molecule has 128 valence electrons. The van der Waals surface area contributed by atoms with Crippen molar-refractivity contribution in [2.75, 3.05) is 6.54 Å². The first-order valence-electron chi connectivity index (χ1n) is 7.81. The van der Waals surface area contributed by atoms with Crippen LogP contribution in [0.5, 0.6) is 0 Å². The predicted molar refractivity (Wildman–Crippen MR) is 90.2 cm³/mol. The van der Waals surface area contributed by atoms with Gasteiger partial charge in [0, 0.05) is 24.9 Å². The lowest BCUT2D eigenvalue weighted by Crippen LogP contribution is -2.40. The Hall–Kier alpha value is -3.29. The van der Waals surface area contributed by atoms with Crippen molar-refractivity contribution < 1.29 is 14.1 Å². The van der Waals surface area contributed by atoms with Gasteiger partial charge in [-0.15, -0.1) is 6.58 Å². The average Bonchev–Trinajstić information content (AvgIpc) is 3.11. The van der Waals surface area contributed by atoms with Crippen LogP contribution in [-0.4, -0.2) is 39.1 Å². The molecule has 0 fully saturated rings. The maximum atomic E-state index is 12.6. The number of hydrazone groups is 1. The fraction of sp³-hybridized carbons (Fsp3) is 0.235. The third kappa shape index (κ3) is 3.97. The molecule has 2 heterocycles. The van der Waals surface area contributed by atoms with E-state index >= 15 is 0 Å².